The van der Waals surface area contributed by atoms with Crippen LogP contribution in [0.4, 0.5) is 0 Å². The van der Waals surface area contributed by atoms with E-state index < -0.39 is 0 Å². The molecule has 0 saturated carbocycles. The van der Waals surface area contributed by atoms with Crippen molar-refractivity contribution in [2.24, 2.45) is 0 Å². The van der Waals surface area contributed by atoms with E-state index in [1.165, 1.54) is 0 Å². The first-order valence-corrected chi connectivity index (χ1v) is 2.74. The molecule has 7 heteroatoms. The summed E-state index contributed by atoms with van der Waals surface area (Å²) in [5.41, 5.74) is 0. The number of rotatable bonds is 0. The van der Waals surface area contributed by atoms with E-state index in [0.717, 1.165) is 0 Å². The van der Waals surface area contributed by atoms with E-state index in [1.54, 1.807) is 4.07 Å². The molecule has 13 heavy (non-hydrogen) atoms. The summed E-state index contributed by atoms with van der Waals surface area (Å²) in [6.07, 6.45) is 0. The van der Waals surface area contributed by atoms with E-state index in [1.807, 2.05) is 0 Å². The third-order valence-corrected chi connectivity index (χ3v) is 0. The van der Waals surface area contributed by atoms with Crippen LogP contribution >= 0.6 is 0 Å². The molecule has 0 N–H and O–H groups in total. The summed E-state index contributed by atoms with van der Waals surface area (Å²) < 4.78 is 1.62. The monoisotopic (exact) mass is 267 g/mol. The predicted molar refractivity (Wildman–Crippen MR) is 45.6 cm³/mol. The Bertz CT molecular complexity index is 71.0. The van der Waals surface area contributed by atoms with Crippen molar-refractivity contribution in [1.82, 2.24) is 0 Å². The van der Waals surface area contributed by atoms with Gasteiger partial charge in [0.1, 0.15) is 0 Å². The Morgan fingerprint density at radius 3 is 0.615 bits per heavy atom. The van der Waals surface area contributed by atoms with Crippen molar-refractivity contribution >= 4 is 31.2 Å². The summed E-state index contributed by atoms with van der Waals surface area (Å²) >= 11 is 5.88. The zero-order valence-electron chi connectivity index (χ0n) is 7.28. The minimum atomic E-state index is 0. The third kappa shape index (κ3) is 24200. The molecule has 82 valence electrons. The average molecular weight is 267 g/mol. The standard InChI is InChI=1S/4CHO.2CH3.B.2Mn/c4*1-2;;;;;/h4*1H;2*1H3;;;/q7*-1;;. The minimum absolute atomic E-state index is 0. The van der Waals surface area contributed by atoms with Gasteiger partial charge in [0.15, 0.2) is 0 Å². The number of hydrogen-bond donors (Lipinski definition) is 0. The Kier molecular flexibility index (Phi) is 9100. The van der Waals surface area contributed by atoms with E-state index in [9.17, 15) is 0 Å². The van der Waals surface area contributed by atoms with Gasteiger partial charge >= 0.3 is 34.8 Å². The zero-order valence-corrected chi connectivity index (χ0v) is 9.64. The molecule has 0 unspecified atom stereocenters. The van der Waals surface area contributed by atoms with Gasteiger partial charge in [-0.3, -0.25) is 27.2 Å². The van der Waals surface area contributed by atoms with Crippen LogP contribution in [0.25, 0.3) is 0 Å². The van der Waals surface area contributed by atoms with Crippen molar-refractivity contribution in [1.29, 1.82) is 0 Å². The number of hydrogen-bond acceptors (Lipinski definition) is 4. The molecule has 0 fully saturated rings. The summed E-state index contributed by atoms with van der Waals surface area (Å²) in [6.45, 7) is 13.0. The van der Waals surface area contributed by atoms with Crippen molar-refractivity contribution in [3.63, 3.8) is 0 Å². The maximum atomic E-state index is 7.75. The molecule has 0 atom stereocenters. The molecule has 4 nitrogen and oxygen atoms in total. The fraction of sp³-hybridized carbons (Fsp3) is 0. The Hall–Kier alpha value is -0.216. The normalized spacial score (nSPS) is 1.85. The molecule has 0 aromatic carbocycles. The molecular weight excluding hydrogens is 257 g/mol. The molecule has 0 radical (unpaired) electrons. The Morgan fingerprint density at radius 2 is 0.615 bits per heavy atom. The van der Waals surface area contributed by atoms with Crippen LogP contribution in [0.3, 0.4) is 0 Å². The molecule has 0 aromatic rings. The fourth-order valence-electron chi connectivity index (χ4n) is 0. The van der Waals surface area contributed by atoms with Gasteiger partial charge in [0.2, 0.25) is 0 Å². The van der Waals surface area contributed by atoms with Gasteiger partial charge in [0.05, 0.1) is 0 Å². The first kappa shape index (κ1) is 53.1. The van der Waals surface area contributed by atoms with E-state index in [2.05, 4.69) is 57.9 Å². The fourth-order valence-corrected chi connectivity index (χ4v) is 0. The first-order chi connectivity index (χ1) is 5.41. The van der Waals surface area contributed by atoms with Crippen LogP contribution in [0.2, 0.25) is 0 Å². The van der Waals surface area contributed by atoms with Gasteiger partial charge in [-0.1, -0.05) is 0 Å². The van der Waals surface area contributed by atoms with Gasteiger partial charge in [-0.15, -0.1) is 0 Å². The quantitative estimate of drug-likeness (QED) is 0.334. The molecule has 0 rings (SSSR count). The Balaban J connectivity index is -0.00000000676. The molecule has 0 aliphatic rings. The van der Waals surface area contributed by atoms with Crippen LogP contribution in [0.1, 0.15) is 0 Å². The van der Waals surface area contributed by atoms with Gasteiger partial charge in [-0.05, 0) is 0 Å². The molecule has 0 spiro atoms. The van der Waals surface area contributed by atoms with Crippen molar-refractivity contribution < 1.29 is 50.0 Å². The van der Waals surface area contributed by atoms with Gasteiger partial charge in [-0.25, -0.2) is 0 Å². The maximum absolute atomic E-state index is 7.75. The van der Waals surface area contributed by atoms with Crippen molar-refractivity contribution in [2.75, 3.05) is 0 Å². The van der Waals surface area contributed by atoms with E-state index in [0.29, 0.717) is 0 Å². The molecular formula is C6H10BMn2O4-7. The van der Waals surface area contributed by atoms with Gasteiger partial charge in [0.25, 0.3) is 0 Å². The summed E-state index contributed by atoms with van der Waals surface area (Å²) in [6, 6.07) is 0. The van der Waals surface area contributed by atoms with Crippen LogP contribution in [0, 0.1) is 14.9 Å². The molecule has 0 heterocycles. The molecule has 0 aromatic heterocycles. The van der Waals surface area contributed by atoms with E-state index >= 15 is 0 Å². The summed E-state index contributed by atoms with van der Waals surface area (Å²) in [7, 11) is 0. The Labute approximate surface area is 96.0 Å². The molecule has 0 aliphatic heterocycles. The van der Waals surface area contributed by atoms with Crippen molar-refractivity contribution in [2.45, 2.75) is 0 Å². The van der Waals surface area contributed by atoms with Crippen LogP contribution in [-0.4, -0.2) is 31.2 Å². The number of carbonyl (C=O) groups excluding carboxylic acids is 4. The summed E-state index contributed by atoms with van der Waals surface area (Å²) in [4.78, 5) is 31.0. The SMILES string of the molecule is [CH-]=O.[CH-]=O.[CH-]=O.[CH-]=O.[CH3-].[CH3-].[Mn]=[B-]=[Mn]. The second kappa shape index (κ2) is 2230. The van der Waals surface area contributed by atoms with Gasteiger partial charge < -0.3 is 34.0 Å². The van der Waals surface area contributed by atoms with Crippen molar-refractivity contribution in [3.8, 4) is 0 Å². The van der Waals surface area contributed by atoms with E-state index in [4.69, 9.17) is 19.2 Å². The van der Waals surface area contributed by atoms with Crippen LogP contribution in [0.15, 0.2) is 0 Å². The first-order valence-electron chi connectivity index (χ1n) is 1.38. The summed E-state index contributed by atoms with van der Waals surface area (Å²) in [5.74, 6) is 0. The molecule has 0 amide bonds. The average Bonchev–Trinajstić information content (AvgIpc) is 2.18. The van der Waals surface area contributed by atoms with Gasteiger partial charge in [-0.2, -0.15) is 0 Å². The predicted octanol–water partition coefficient (Wildman–Crippen LogP) is -0.582. The van der Waals surface area contributed by atoms with Gasteiger partial charge in [0, 0.05) is 0 Å². The van der Waals surface area contributed by atoms with E-state index in [-0.39, 0.29) is 14.9 Å². The topological polar surface area (TPSA) is 68.3 Å². The second-order valence-corrected chi connectivity index (χ2v) is 1.40. The molecule has 0 bridgehead atoms. The Morgan fingerprint density at radius 1 is 0.615 bits per heavy atom. The molecule has 0 saturated heterocycles. The third-order valence-electron chi connectivity index (χ3n) is 0. The van der Waals surface area contributed by atoms with Crippen molar-refractivity contribution in [3.05, 3.63) is 14.9 Å². The van der Waals surface area contributed by atoms with Crippen LogP contribution in [0.5, 0.6) is 0 Å². The van der Waals surface area contributed by atoms with Crippen LogP contribution in [-0.2, 0) is 50.0 Å². The molecule has 0 aliphatic carbocycles. The zero-order chi connectivity index (χ0) is 10.7. The second-order valence-electron chi connectivity index (χ2n) is 0.0825. The van der Waals surface area contributed by atoms with Crippen LogP contribution < -0.4 is 0 Å². The summed E-state index contributed by atoms with van der Waals surface area (Å²) in [5, 5.41) is 0.